The van der Waals surface area contributed by atoms with Gasteiger partial charge in [0.2, 0.25) is 0 Å². The van der Waals surface area contributed by atoms with E-state index in [2.05, 4.69) is 15.5 Å². The number of aromatic amines is 1. The summed E-state index contributed by atoms with van der Waals surface area (Å²) >= 11 is 0. The molecule has 0 bridgehead atoms. The van der Waals surface area contributed by atoms with E-state index >= 15 is 0 Å². The Bertz CT molecular complexity index is 335. The fraction of sp³-hybridized carbons (Fsp3) is 0.556. The van der Waals surface area contributed by atoms with Crippen LogP contribution in [0.5, 0.6) is 0 Å². The summed E-state index contributed by atoms with van der Waals surface area (Å²) in [6.07, 6.45) is 1.70. The molecule has 0 atom stereocenters. The van der Waals surface area contributed by atoms with Gasteiger partial charge in [0.05, 0.1) is 18.0 Å². The molecule has 6 heteroatoms. The van der Waals surface area contributed by atoms with Gasteiger partial charge in [0.15, 0.2) is 5.69 Å². The maximum absolute atomic E-state index is 11.5. The number of carbonyl (C=O) groups excluding carboxylic acids is 1. The summed E-state index contributed by atoms with van der Waals surface area (Å²) in [5, 5.41) is 17.6. The standard InChI is InChI=1S/C9H16N4O2/c1-2-3-6-7(10)8(13-12-6)9(15)11-4-5-14/h14H,2-5,10H2,1H3,(H,11,15)(H,12,13). The van der Waals surface area contributed by atoms with E-state index in [1.54, 1.807) is 0 Å². The molecule has 1 rings (SSSR count). The molecule has 0 unspecified atom stereocenters. The van der Waals surface area contributed by atoms with Gasteiger partial charge in [-0.25, -0.2) is 0 Å². The molecule has 0 aliphatic rings. The molecule has 0 spiro atoms. The fourth-order valence-corrected chi connectivity index (χ4v) is 1.25. The lowest BCUT2D eigenvalue weighted by molar-refractivity contribution is 0.0940. The van der Waals surface area contributed by atoms with Gasteiger partial charge in [-0.3, -0.25) is 9.89 Å². The molecule has 1 amide bonds. The Morgan fingerprint density at radius 2 is 2.40 bits per heavy atom. The van der Waals surface area contributed by atoms with Gasteiger partial charge in [0, 0.05) is 6.54 Å². The van der Waals surface area contributed by atoms with Crippen molar-refractivity contribution in [2.24, 2.45) is 0 Å². The molecular formula is C9H16N4O2. The SMILES string of the molecule is CCCc1[nH]nc(C(=O)NCCO)c1N. The van der Waals surface area contributed by atoms with Crippen molar-refractivity contribution in [3.8, 4) is 0 Å². The van der Waals surface area contributed by atoms with Crippen molar-refractivity contribution in [2.75, 3.05) is 18.9 Å². The second-order valence-electron chi connectivity index (χ2n) is 3.19. The van der Waals surface area contributed by atoms with Gasteiger partial charge in [-0.15, -0.1) is 0 Å². The number of nitrogens with one attached hydrogen (secondary N) is 2. The number of aliphatic hydroxyl groups excluding tert-OH is 1. The predicted octanol–water partition coefficient (Wildman–Crippen LogP) is -0.333. The number of rotatable bonds is 5. The van der Waals surface area contributed by atoms with Crippen molar-refractivity contribution < 1.29 is 9.90 Å². The van der Waals surface area contributed by atoms with Gasteiger partial charge in [0.25, 0.3) is 5.91 Å². The summed E-state index contributed by atoms with van der Waals surface area (Å²) in [5.74, 6) is -0.361. The Hall–Kier alpha value is -1.56. The number of aromatic nitrogens is 2. The van der Waals surface area contributed by atoms with Gasteiger partial charge < -0.3 is 16.2 Å². The van der Waals surface area contributed by atoms with Crippen LogP contribution in [0, 0.1) is 0 Å². The molecule has 0 aromatic carbocycles. The number of nitrogen functional groups attached to an aromatic ring is 1. The first-order chi connectivity index (χ1) is 7.20. The van der Waals surface area contributed by atoms with Crippen LogP contribution in [-0.2, 0) is 6.42 Å². The summed E-state index contributed by atoms with van der Waals surface area (Å²) in [7, 11) is 0. The van der Waals surface area contributed by atoms with E-state index in [1.165, 1.54) is 0 Å². The van der Waals surface area contributed by atoms with Crippen LogP contribution in [0.3, 0.4) is 0 Å². The minimum Gasteiger partial charge on any atom is -0.395 e. The average Bonchev–Trinajstić information content (AvgIpc) is 2.58. The average molecular weight is 212 g/mol. The number of carbonyl (C=O) groups is 1. The molecule has 0 aliphatic heterocycles. The first kappa shape index (κ1) is 11.5. The number of anilines is 1. The molecule has 1 aromatic heterocycles. The molecule has 15 heavy (non-hydrogen) atoms. The number of amides is 1. The van der Waals surface area contributed by atoms with E-state index in [0.717, 1.165) is 18.5 Å². The van der Waals surface area contributed by atoms with E-state index in [-0.39, 0.29) is 24.8 Å². The number of nitrogens with zero attached hydrogens (tertiary/aromatic N) is 1. The molecule has 1 heterocycles. The Labute approximate surface area is 87.9 Å². The highest BCUT2D eigenvalue weighted by molar-refractivity contribution is 5.97. The summed E-state index contributed by atoms with van der Waals surface area (Å²) < 4.78 is 0. The summed E-state index contributed by atoms with van der Waals surface area (Å²) in [6, 6.07) is 0. The third-order valence-electron chi connectivity index (χ3n) is 2.00. The minimum atomic E-state index is -0.361. The van der Waals surface area contributed by atoms with Crippen molar-refractivity contribution in [1.29, 1.82) is 0 Å². The Balaban J connectivity index is 2.72. The second-order valence-corrected chi connectivity index (χ2v) is 3.19. The Morgan fingerprint density at radius 1 is 1.67 bits per heavy atom. The van der Waals surface area contributed by atoms with E-state index < -0.39 is 0 Å². The van der Waals surface area contributed by atoms with Crippen molar-refractivity contribution in [2.45, 2.75) is 19.8 Å². The molecule has 0 radical (unpaired) electrons. The minimum absolute atomic E-state index is 0.0993. The Kier molecular flexibility index (Phi) is 4.11. The second kappa shape index (κ2) is 5.35. The van der Waals surface area contributed by atoms with Crippen LogP contribution in [0.2, 0.25) is 0 Å². The highest BCUT2D eigenvalue weighted by Crippen LogP contribution is 2.15. The normalized spacial score (nSPS) is 10.3. The topological polar surface area (TPSA) is 104 Å². The van der Waals surface area contributed by atoms with Crippen molar-refractivity contribution in [3.63, 3.8) is 0 Å². The fourth-order valence-electron chi connectivity index (χ4n) is 1.25. The van der Waals surface area contributed by atoms with Crippen molar-refractivity contribution in [1.82, 2.24) is 15.5 Å². The van der Waals surface area contributed by atoms with Gasteiger partial charge in [-0.1, -0.05) is 13.3 Å². The number of aliphatic hydroxyl groups is 1. The highest BCUT2D eigenvalue weighted by Gasteiger charge is 2.15. The maximum Gasteiger partial charge on any atom is 0.274 e. The molecule has 84 valence electrons. The third-order valence-corrected chi connectivity index (χ3v) is 2.00. The van der Waals surface area contributed by atoms with Crippen LogP contribution >= 0.6 is 0 Å². The first-order valence-corrected chi connectivity index (χ1v) is 4.92. The highest BCUT2D eigenvalue weighted by atomic mass is 16.3. The van der Waals surface area contributed by atoms with E-state index in [1.807, 2.05) is 6.92 Å². The Morgan fingerprint density at radius 3 is 3.00 bits per heavy atom. The smallest absolute Gasteiger partial charge is 0.274 e. The lowest BCUT2D eigenvalue weighted by Crippen LogP contribution is -2.27. The number of hydrogen-bond acceptors (Lipinski definition) is 4. The summed E-state index contributed by atoms with van der Waals surface area (Å²) in [4.78, 5) is 11.5. The van der Waals surface area contributed by atoms with Gasteiger partial charge in [-0.2, -0.15) is 5.10 Å². The van der Waals surface area contributed by atoms with Crippen molar-refractivity contribution >= 4 is 11.6 Å². The number of H-pyrrole nitrogens is 1. The van der Waals surface area contributed by atoms with Gasteiger partial charge in [-0.05, 0) is 6.42 Å². The maximum atomic E-state index is 11.5. The molecule has 0 saturated carbocycles. The van der Waals surface area contributed by atoms with Crippen LogP contribution in [0.15, 0.2) is 0 Å². The number of aryl methyl sites for hydroxylation is 1. The third kappa shape index (κ3) is 2.69. The number of nitrogens with two attached hydrogens (primary N) is 1. The molecular weight excluding hydrogens is 196 g/mol. The monoisotopic (exact) mass is 212 g/mol. The van der Waals surface area contributed by atoms with Crippen LogP contribution in [0.25, 0.3) is 0 Å². The zero-order valence-corrected chi connectivity index (χ0v) is 8.71. The van der Waals surface area contributed by atoms with Crippen LogP contribution in [-0.4, -0.2) is 34.4 Å². The summed E-state index contributed by atoms with van der Waals surface area (Å²) in [5.41, 5.74) is 7.13. The van der Waals surface area contributed by atoms with Crippen LogP contribution in [0.4, 0.5) is 5.69 Å². The van der Waals surface area contributed by atoms with Gasteiger partial charge >= 0.3 is 0 Å². The molecule has 0 saturated heterocycles. The largest absolute Gasteiger partial charge is 0.395 e. The zero-order chi connectivity index (χ0) is 11.3. The first-order valence-electron chi connectivity index (χ1n) is 4.92. The zero-order valence-electron chi connectivity index (χ0n) is 8.71. The molecule has 6 nitrogen and oxygen atoms in total. The van der Waals surface area contributed by atoms with Crippen molar-refractivity contribution in [3.05, 3.63) is 11.4 Å². The summed E-state index contributed by atoms with van der Waals surface area (Å²) in [6.45, 7) is 2.12. The molecule has 5 N–H and O–H groups in total. The van der Waals surface area contributed by atoms with Crippen LogP contribution < -0.4 is 11.1 Å². The van der Waals surface area contributed by atoms with Gasteiger partial charge in [0.1, 0.15) is 0 Å². The van der Waals surface area contributed by atoms with E-state index in [0.29, 0.717) is 5.69 Å². The van der Waals surface area contributed by atoms with Crippen LogP contribution in [0.1, 0.15) is 29.5 Å². The van der Waals surface area contributed by atoms with E-state index in [9.17, 15) is 4.79 Å². The quantitative estimate of drug-likeness (QED) is 0.536. The predicted molar refractivity (Wildman–Crippen MR) is 56.4 cm³/mol. The lowest BCUT2D eigenvalue weighted by atomic mass is 10.2. The molecule has 0 aliphatic carbocycles. The van der Waals surface area contributed by atoms with E-state index in [4.69, 9.17) is 10.8 Å². The molecule has 1 aromatic rings. The number of hydrogen-bond donors (Lipinski definition) is 4. The molecule has 0 fully saturated rings. The lowest BCUT2D eigenvalue weighted by Gasteiger charge is -2.00.